The number of hydrogen-bond donors (Lipinski definition) is 2. The monoisotopic (exact) mass is 404 g/mol. The van der Waals surface area contributed by atoms with E-state index in [1.807, 2.05) is 0 Å². The lowest BCUT2D eigenvalue weighted by molar-refractivity contribution is -0.125. The van der Waals surface area contributed by atoms with Gasteiger partial charge in [0.25, 0.3) is 0 Å². The minimum atomic E-state index is -0.133. The van der Waals surface area contributed by atoms with E-state index in [4.69, 9.17) is 0 Å². The van der Waals surface area contributed by atoms with Crippen molar-refractivity contribution >= 4 is 34.7 Å². The Balaban J connectivity index is 1.20. The van der Waals surface area contributed by atoms with E-state index in [9.17, 15) is 9.59 Å². The van der Waals surface area contributed by atoms with Crippen LogP contribution in [0, 0.1) is 11.8 Å². The van der Waals surface area contributed by atoms with E-state index in [-0.39, 0.29) is 23.7 Å². The number of rotatable bonds is 4. The molecule has 0 radical (unpaired) electrons. The molecule has 0 atom stereocenters. The van der Waals surface area contributed by atoms with Gasteiger partial charge in [0.15, 0.2) is 11.3 Å². The number of nitrogens with one attached hydrogen (secondary N) is 2. The lowest BCUT2D eigenvalue weighted by Crippen LogP contribution is -2.32. The van der Waals surface area contributed by atoms with Crippen LogP contribution in [0.5, 0.6) is 0 Å². The zero-order valence-corrected chi connectivity index (χ0v) is 16.1. The summed E-state index contributed by atoms with van der Waals surface area (Å²) in [6.45, 7) is 0. The van der Waals surface area contributed by atoms with Crippen LogP contribution in [-0.4, -0.2) is 41.0 Å². The maximum absolute atomic E-state index is 12.7. The van der Waals surface area contributed by atoms with Crippen LogP contribution >= 0.6 is 0 Å². The van der Waals surface area contributed by atoms with Gasteiger partial charge in [-0.15, -0.1) is 0 Å². The van der Waals surface area contributed by atoms with Crippen molar-refractivity contribution in [1.29, 1.82) is 0 Å². The number of hydrogen-bond acceptors (Lipinski definition) is 6. The summed E-state index contributed by atoms with van der Waals surface area (Å²) in [6, 6.07) is 7.00. The molecule has 2 amide bonds. The zero-order valence-electron chi connectivity index (χ0n) is 16.1. The number of fused-ring (bicyclic) bond motifs is 2. The first-order valence-electron chi connectivity index (χ1n) is 9.88. The van der Waals surface area contributed by atoms with Gasteiger partial charge in [-0.25, -0.2) is 9.97 Å². The minimum Gasteiger partial charge on any atom is -0.310 e. The van der Waals surface area contributed by atoms with Gasteiger partial charge in [-0.1, -0.05) is 0 Å². The Bertz CT molecular complexity index is 1130. The molecule has 2 N–H and O–H groups in total. The van der Waals surface area contributed by atoms with E-state index >= 15 is 0 Å². The first-order valence-corrected chi connectivity index (χ1v) is 9.88. The molecule has 4 heterocycles. The zero-order chi connectivity index (χ0) is 20.5. The van der Waals surface area contributed by atoms with Crippen molar-refractivity contribution in [3.05, 3.63) is 49.1 Å². The Labute approximate surface area is 171 Å². The van der Waals surface area contributed by atoms with Gasteiger partial charge in [-0.2, -0.15) is 19.2 Å². The maximum atomic E-state index is 12.7. The Morgan fingerprint density at radius 3 is 1.57 bits per heavy atom. The number of anilines is 2. The fraction of sp³-hybridized carbons (Fsp3) is 0.300. The van der Waals surface area contributed by atoms with Gasteiger partial charge in [-0.3, -0.25) is 9.59 Å². The highest BCUT2D eigenvalue weighted by atomic mass is 16.2. The normalized spacial score (nSPS) is 19.1. The second kappa shape index (κ2) is 7.54. The fourth-order valence-electron chi connectivity index (χ4n) is 3.93. The number of carbonyl (C=O) groups is 2. The van der Waals surface area contributed by atoms with Crippen molar-refractivity contribution in [1.82, 2.24) is 29.2 Å². The van der Waals surface area contributed by atoms with E-state index in [0.29, 0.717) is 48.6 Å². The van der Waals surface area contributed by atoms with E-state index < -0.39 is 0 Å². The Morgan fingerprint density at radius 2 is 1.13 bits per heavy atom. The number of amides is 2. The molecule has 4 aromatic rings. The number of carbonyl (C=O) groups excluding carboxylic acids is 2. The predicted molar refractivity (Wildman–Crippen MR) is 109 cm³/mol. The maximum Gasteiger partial charge on any atom is 0.228 e. The molecule has 1 aliphatic rings. The Morgan fingerprint density at radius 1 is 0.700 bits per heavy atom. The third-order valence-corrected chi connectivity index (χ3v) is 5.55. The average Bonchev–Trinajstić information content (AvgIpc) is 3.44. The van der Waals surface area contributed by atoms with Crippen LogP contribution in [0.25, 0.3) is 11.3 Å². The SMILES string of the molecule is O=C(Nc1ccnc2ccnn12)C1CCC(C(=O)Nc2ccnc3ccnn23)CC1. The van der Waals surface area contributed by atoms with Crippen LogP contribution in [0.3, 0.4) is 0 Å². The molecule has 0 bridgehead atoms. The average molecular weight is 404 g/mol. The summed E-state index contributed by atoms with van der Waals surface area (Å²) < 4.78 is 3.20. The van der Waals surface area contributed by atoms with E-state index in [2.05, 4.69) is 30.8 Å². The van der Waals surface area contributed by atoms with Crippen LogP contribution in [0.2, 0.25) is 0 Å². The Hall–Kier alpha value is -3.82. The fourth-order valence-corrected chi connectivity index (χ4v) is 3.93. The highest BCUT2D eigenvalue weighted by Crippen LogP contribution is 2.30. The van der Waals surface area contributed by atoms with Crippen LogP contribution in [0.1, 0.15) is 25.7 Å². The molecule has 10 nitrogen and oxygen atoms in total. The lowest BCUT2D eigenvalue weighted by atomic mass is 9.81. The molecular weight excluding hydrogens is 384 g/mol. The van der Waals surface area contributed by atoms with Crippen molar-refractivity contribution in [3.8, 4) is 0 Å². The summed E-state index contributed by atoms with van der Waals surface area (Å²) in [7, 11) is 0. The molecule has 0 unspecified atom stereocenters. The summed E-state index contributed by atoms with van der Waals surface area (Å²) >= 11 is 0. The smallest absolute Gasteiger partial charge is 0.228 e. The molecule has 1 fully saturated rings. The largest absolute Gasteiger partial charge is 0.310 e. The molecule has 10 heteroatoms. The highest BCUT2D eigenvalue weighted by Gasteiger charge is 2.30. The van der Waals surface area contributed by atoms with Crippen molar-refractivity contribution in [2.24, 2.45) is 11.8 Å². The van der Waals surface area contributed by atoms with Crippen LogP contribution in [0.4, 0.5) is 11.6 Å². The number of aromatic nitrogens is 6. The third kappa shape index (κ3) is 3.36. The van der Waals surface area contributed by atoms with Gasteiger partial charge in [0.2, 0.25) is 11.8 Å². The van der Waals surface area contributed by atoms with Crippen LogP contribution < -0.4 is 10.6 Å². The lowest BCUT2D eigenvalue weighted by Gasteiger charge is -2.27. The van der Waals surface area contributed by atoms with Gasteiger partial charge in [-0.05, 0) is 37.8 Å². The van der Waals surface area contributed by atoms with Crippen molar-refractivity contribution in [3.63, 3.8) is 0 Å². The molecule has 0 aliphatic heterocycles. The van der Waals surface area contributed by atoms with Crippen molar-refractivity contribution in [2.45, 2.75) is 25.7 Å². The van der Waals surface area contributed by atoms with Gasteiger partial charge >= 0.3 is 0 Å². The Kier molecular flexibility index (Phi) is 4.58. The minimum absolute atomic E-state index is 0.0516. The third-order valence-electron chi connectivity index (χ3n) is 5.55. The summed E-state index contributed by atoms with van der Waals surface area (Å²) in [5, 5.41) is 14.3. The predicted octanol–water partition coefficient (Wildman–Crippen LogP) is 2.16. The molecule has 0 spiro atoms. The first kappa shape index (κ1) is 18.2. The molecule has 1 aliphatic carbocycles. The molecule has 1 saturated carbocycles. The highest BCUT2D eigenvalue weighted by molar-refractivity contribution is 5.94. The molecule has 5 rings (SSSR count). The molecule has 30 heavy (non-hydrogen) atoms. The molecular formula is C20H20N8O2. The van der Waals surface area contributed by atoms with Crippen molar-refractivity contribution in [2.75, 3.05) is 10.6 Å². The van der Waals surface area contributed by atoms with Gasteiger partial charge in [0.1, 0.15) is 11.6 Å². The van der Waals surface area contributed by atoms with Crippen LogP contribution in [0.15, 0.2) is 49.1 Å². The molecule has 0 aromatic carbocycles. The number of nitrogens with zero attached hydrogens (tertiary/aromatic N) is 6. The topological polar surface area (TPSA) is 119 Å². The van der Waals surface area contributed by atoms with Crippen molar-refractivity contribution < 1.29 is 9.59 Å². The second-order valence-corrected chi connectivity index (χ2v) is 7.39. The summed E-state index contributed by atoms with van der Waals surface area (Å²) in [4.78, 5) is 33.8. The van der Waals surface area contributed by atoms with Gasteiger partial charge in [0, 0.05) is 36.4 Å². The summed E-state index contributed by atoms with van der Waals surface area (Å²) in [6.07, 6.45) is 9.20. The van der Waals surface area contributed by atoms with Crippen LogP contribution in [-0.2, 0) is 9.59 Å². The quantitative estimate of drug-likeness (QED) is 0.538. The summed E-state index contributed by atoms with van der Waals surface area (Å²) in [5.41, 5.74) is 1.35. The first-order chi connectivity index (χ1) is 14.7. The molecule has 152 valence electrons. The van der Waals surface area contributed by atoms with E-state index in [0.717, 1.165) is 0 Å². The summed E-state index contributed by atoms with van der Waals surface area (Å²) in [5.74, 6) is 0.818. The van der Waals surface area contributed by atoms with Gasteiger partial charge in [0.05, 0.1) is 12.4 Å². The van der Waals surface area contributed by atoms with E-state index in [1.54, 1.807) is 58.1 Å². The van der Waals surface area contributed by atoms with Gasteiger partial charge < -0.3 is 10.6 Å². The van der Waals surface area contributed by atoms with E-state index in [1.165, 1.54) is 0 Å². The second-order valence-electron chi connectivity index (χ2n) is 7.39. The molecule has 4 aromatic heterocycles. The molecule has 0 saturated heterocycles. The standard InChI is InChI=1S/C20H20N8O2/c29-19(25-17-5-9-21-15-7-11-23-27(15)17)13-1-2-14(4-3-13)20(30)26-18-6-10-22-16-8-12-24-28(16)18/h5-14H,1-4H2,(H,25,29)(H,26,30).